The smallest absolute Gasteiger partial charge is 0.294 e. The fourth-order valence-corrected chi connectivity index (χ4v) is 4.22. The Labute approximate surface area is 178 Å². The molecule has 0 amide bonds. The highest BCUT2D eigenvalue weighted by molar-refractivity contribution is 7.91. The van der Waals surface area contributed by atoms with Crippen molar-refractivity contribution in [1.29, 1.82) is 0 Å². The summed E-state index contributed by atoms with van der Waals surface area (Å²) >= 11 is 5.93. The van der Waals surface area contributed by atoms with Crippen LogP contribution in [0.4, 0.5) is 5.82 Å². The Morgan fingerprint density at radius 2 is 2.00 bits per heavy atom. The molecular weight excluding hydrogens is 428 g/mol. The number of hydrogen-bond acceptors (Lipinski definition) is 8. The van der Waals surface area contributed by atoms with Crippen LogP contribution >= 0.6 is 11.6 Å². The van der Waals surface area contributed by atoms with E-state index in [4.69, 9.17) is 11.6 Å². The van der Waals surface area contributed by atoms with Gasteiger partial charge in [-0.1, -0.05) is 13.3 Å². The molecule has 0 aliphatic heterocycles. The number of hydrogen-bond donors (Lipinski definition) is 1. The summed E-state index contributed by atoms with van der Waals surface area (Å²) in [5, 5.41) is 3.08. The van der Waals surface area contributed by atoms with Crippen molar-refractivity contribution in [2.45, 2.75) is 44.2 Å². The number of fused-ring (bicyclic) bond motifs is 1. The zero-order valence-electron chi connectivity index (χ0n) is 16.4. The molecule has 1 aliphatic rings. The first kappa shape index (κ1) is 20.7. The van der Waals surface area contributed by atoms with E-state index in [1.54, 1.807) is 17.6 Å². The van der Waals surface area contributed by atoms with Gasteiger partial charge in [-0.3, -0.25) is 14.3 Å². The standard InChI is InChI=1S/C19H21ClN6O3S/c1-2-30(28,29)14-7-6-13(21-9-14)8-22-16-18(27)26(11-12-4-3-5-12)17-15(24-16)10-23-19(20)25-17/h6-7,9-10,12H,2-5,8,11H2,1H3,(H,22,24). The highest BCUT2D eigenvalue weighted by Gasteiger charge is 2.22. The minimum atomic E-state index is -3.30. The van der Waals surface area contributed by atoms with Crippen molar-refractivity contribution in [3.8, 4) is 0 Å². The van der Waals surface area contributed by atoms with Gasteiger partial charge in [-0.15, -0.1) is 0 Å². The molecule has 1 N–H and O–H groups in total. The van der Waals surface area contributed by atoms with Crippen molar-refractivity contribution < 1.29 is 8.42 Å². The van der Waals surface area contributed by atoms with Gasteiger partial charge in [0.05, 0.1) is 29.1 Å². The Balaban J connectivity index is 1.62. The fourth-order valence-electron chi connectivity index (χ4n) is 3.27. The second kappa shape index (κ2) is 8.27. The van der Waals surface area contributed by atoms with Crippen LogP contribution < -0.4 is 10.9 Å². The van der Waals surface area contributed by atoms with E-state index in [1.165, 1.54) is 24.9 Å². The van der Waals surface area contributed by atoms with Gasteiger partial charge < -0.3 is 5.32 Å². The van der Waals surface area contributed by atoms with Gasteiger partial charge in [0, 0.05) is 12.7 Å². The molecule has 9 nitrogen and oxygen atoms in total. The third-order valence-corrected chi connectivity index (χ3v) is 7.20. The van der Waals surface area contributed by atoms with Crippen LogP contribution in [-0.2, 0) is 22.9 Å². The molecule has 1 saturated carbocycles. The predicted octanol–water partition coefficient (Wildman–Crippen LogP) is 2.44. The van der Waals surface area contributed by atoms with Gasteiger partial charge in [0.2, 0.25) is 5.28 Å². The summed E-state index contributed by atoms with van der Waals surface area (Å²) in [7, 11) is -3.30. The van der Waals surface area contributed by atoms with Crippen LogP contribution in [0.3, 0.4) is 0 Å². The van der Waals surface area contributed by atoms with Gasteiger partial charge in [-0.05, 0) is 42.5 Å². The summed E-state index contributed by atoms with van der Waals surface area (Å²) in [6.45, 7) is 2.36. The topological polar surface area (TPSA) is 120 Å². The lowest BCUT2D eigenvalue weighted by atomic mass is 9.85. The van der Waals surface area contributed by atoms with E-state index in [9.17, 15) is 13.2 Å². The molecule has 0 unspecified atom stereocenters. The van der Waals surface area contributed by atoms with Gasteiger partial charge in [-0.25, -0.2) is 18.4 Å². The Kier molecular flexibility index (Phi) is 5.70. The largest absolute Gasteiger partial charge is 0.360 e. The van der Waals surface area contributed by atoms with E-state index in [2.05, 4.69) is 25.3 Å². The number of anilines is 1. The van der Waals surface area contributed by atoms with E-state index >= 15 is 0 Å². The summed E-state index contributed by atoms with van der Waals surface area (Å²) in [5.41, 5.74) is 1.20. The summed E-state index contributed by atoms with van der Waals surface area (Å²) in [4.78, 5) is 29.9. The third kappa shape index (κ3) is 4.15. The zero-order valence-corrected chi connectivity index (χ0v) is 17.9. The van der Waals surface area contributed by atoms with Gasteiger partial charge >= 0.3 is 0 Å². The van der Waals surface area contributed by atoms with Crippen LogP contribution in [0.5, 0.6) is 0 Å². The molecule has 0 radical (unpaired) electrons. The average molecular weight is 449 g/mol. The third-order valence-electron chi connectivity index (χ3n) is 5.30. The van der Waals surface area contributed by atoms with Crippen LogP contribution in [-0.4, -0.2) is 38.7 Å². The molecule has 3 aromatic rings. The van der Waals surface area contributed by atoms with E-state index < -0.39 is 9.84 Å². The van der Waals surface area contributed by atoms with Crippen LogP contribution in [0, 0.1) is 5.92 Å². The van der Waals surface area contributed by atoms with Crippen molar-refractivity contribution in [1.82, 2.24) is 24.5 Å². The molecule has 30 heavy (non-hydrogen) atoms. The lowest BCUT2D eigenvalue weighted by molar-refractivity contribution is 0.276. The second-order valence-electron chi connectivity index (χ2n) is 7.26. The number of rotatable bonds is 7. The van der Waals surface area contributed by atoms with Gasteiger partial charge in [0.1, 0.15) is 5.52 Å². The van der Waals surface area contributed by atoms with E-state index in [0.29, 0.717) is 29.3 Å². The predicted molar refractivity (Wildman–Crippen MR) is 113 cm³/mol. The molecular formula is C19H21ClN6O3S. The normalized spacial score (nSPS) is 14.6. The Morgan fingerprint density at radius 3 is 2.63 bits per heavy atom. The molecule has 0 saturated heterocycles. The summed E-state index contributed by atoms with van der Waals surface area (Å²) < 4.78 is 25.4. The molecule has 0 aromatic carbocycles. The SMILES string of the molecule is CCS(=O)(=O)c1ccc(CNc2nc3cnc(Cl)nc3n(CC3CCC3)c2=O)nc1. The lowest BCUT2D eigenvalue weighted by Crippen LogP contribution is -2.30. The van der Waals surface area contributed by atoms with Crippen LogP contribution in [0.15, 0.2) is 34.2 Å². The molecule has 4 rings (SSSR count). The molecule has 0 spiro atoms. The molecule has 1 fully saturated rings. The lowest BCUT2D eigenvalue weighted by Gasteiger charge is -2.26. The summed E-state index contributed by atoms with van der Waals surface area (Å²) in [5.74, 6) is 0.615. The highest BCUT2D eigenvalue weighted by Crippen LogP contribution is 2.28. The quantitative estimate of drug-likeness (QED) is 0.547. The number of aromatic nitrogens is 5. The Morgan fingerprint density at radius 1 is 1.20 bits per heavy atom. The summed E-state index contributed by atoms with van der Waals surface area (Å²) in [6, 6.07) is 3.13. The average Bonchev–Trinajstić information content (AvgIpc) is 2.71. The number of halogens is 1. The number of nitrogens with one attached hydrogen (secondary N) is 1. The molecule has 3 aromatic heterocycles. The zero-order chi connectivity index (χ0) is 21.3. The molecule has 0 atom stereocenters. The second-order valence-corrected chi connectivity index (χ2v) is 9.88. The van der Waals surface area contributed by atoms with E-state index in [1.807, 2.05) is 0 Å². The maximum absolute atomic E-state index is 13.1. The minimum absolute atomic E-state index is 0.0138. The molecule has 0 bridgehead atoms. The van der Waals surface area contributed by atoms with Crippen molar-refractivity contribution in [2.24, 2.45) is 5.92 Å². The highest BCUT2D eigenvalue weighted by atomic mass is 35.5. The van der Waals surface area contributed by atoms with Crippen molar-refractivity contribution in [2.75, 3.05) is 11.1 Å². The number of sulfone groups is 1. The monoisotopic (exact) mass is 448 g/mol. The maximum Gasteiger partial charge on any atom is 0.294 e. The van der Waals surface area contributed by atoms with Crippen LogP contribution in [0.2, 0.25) is 5.28 Å². The van der Waals surface area contributed by atoms with Crippen molar-refractivity contribution >= 4 is 38.4 Å². The first-order valence-electron chi connectivity index (χ1n) is 9.72. The fraction of sp³-hybridized carbons (Fsp3) is 0.421. The van der Waals surface area contributed by atoms with E-state index in [0.717, 1.165) is 12.8 Å². The molecule has 3 heterocycles. The van der Waals surface area contributed by atoms with Gasteiger partial charge in [0.15, 0.2) is 21.3 Å². The van der Waals surface area contributed by atoms with Crippen LogP contribution in [0.25, 0.3) is 11.2 Å². The van der Waals surface area contributed by atoms with Crippen molar-refractivity contribution in [3.05, 3.63) is 45.9 Å². The molecule has 158 valence electrons. The molecule has 1 aliphatic carbocycles. The Hall–Kier alpha value is -2.59. The Bertz CT molecular complexity index is 1240. The molecule has 11 heteroatoms. The first-order valence-corrected chi connectivity index (χ1v) is 11.7. The summed E-state index contributed by atoms with van der Waals surface area (Å²) in [6.07, 6.45) is 6.14. The number of nitrogens with zero attached hydrogens (tertiary/aromatic N) is 5. The van der Waals surface area contributed by atoms with E-state index in [-0.39, 0.29) is 33.9 Å². The maximum atomic E-state index is 13.1. The van der Waals surface area contributed by atoms with Gasteiger partial charge in [-0.2, -0.15) is 4.98 Å². The van der Waals surface area contributed by atoms with Gasteiger partial charge in [0.25, 0.3) is 5.56 Å². The van der Waals surface area contributed by atoms with Crippen LogP contribution in [0.1, 0.15) is 31.9 Å². The number of pyridine rings is 1. The van der Waals surface area contributed by atoms with Crippen molar-refractivity contribution in [3.63, 3.8) is 0 Å². The first-order chi connectivity index (χ1) is 14.4. The minimum Gasteiger partial charge on any atom is -0.360 e.